The van der Waals surface area contributed by atoms with Crippen LogP contribution in [0.5, 0.6) is 5.75 Å². The van der Waals surface area contributed by atoms with Crippen molar-refractivity contribution in [2.75, 3.05) is 38.7 Å². The number of rotatable bonds is 7. The zero-order valence-corrected chi connectivity index (χ0v) is 19.7. The molecule has 7 nitrogen and oxygen atoms in total. The van der Waals surface area contributed by atoms with Crippen molar-refractivity contribution in [3.05, 3.63) is 64.5 Å². The lowest BCUT2D eigenvalue weighted by Gasteiger charge is -2.21. The van der Waals surface area contributed by atoms with Gasteiger partial charge in [-0.15, -0.1) is 12.4 Å². The summed E-state index contributed by atoms with van der Waals surface area (Å²) in [6.07, 6.45) is 0. The maximum Gasteiger partial charge on any atom is 0.349 e. The van der Waals surface area contributed by atoms with Crippen molar-refractivity contribution in [1.29, 1.82) is 0 Å². The number of aromatic nitrogens is 1. The molecule has 9 heteroatoms. The number of thiazole rings is 1. The van der Waals surface area contributed by atoms with Gasteiger partial charge in [-0.05, 0) is 51.4 Å². The van der Waals surface area contributed by atoms with E-state index in [-0.39, 0.29) is 18.0 Å². The van der Waals surface area contributed by atoms with Crippen LogP contribution in [0.2, 0.25) is 0 Å². The minimum atomic E-state index is -0.654. The molecule has 2 aromatic heterocycles. The molecule has 0 bridgehead atoms. The molecule has 0 saturated carbocycles. The Morgan fingerprint density at radius 3 is 2.66 bits per heavy atom. The van der Waals surface area contributed by atoms with E-state index in [2.05, 4.69) is 4.98 Å². The first-order chi connectivity index (χ1) is 15.0. The number of amides is 1. The highest BCUT2D eigenvalue weighted by molar-refractivity contribution is 7.22. The van der Waals surface area contributed by atoms with Gasteiger partial charge in [-0.1, -0.05) is 29.5 Å². The van der Waals surface area contributed by atoms with E-state index in [9.17, 15) is 9.59 Å². The number of likely N-dealkylation sites (N-methyl/N-ethyl adjacent to an activating group) is 1. The van der Waals surface area contributed by atoms with E-state index >= 15 is 0 Å². The number of hydrogen-bond acceptors (Lipinski definition) is 7. The molecule has 0 spiro atoms. The molecule has 4 rings (SSSR count). The summed E-state index contributed by atoms with van der Waals surface area (Å²) in [5.41, 5.74) is 0.564. The molecule has 0 aliphatic heterocycles. The van der Waals surface area contributed by atoms with E-state index in [1.54, 1.807) is 23.1 Å². The molecule has 2 aromatic carbocycles. The van der Waals surface area contributed by atoms with Crippen molar-refractivity contribution in [1.82, 2.24) is 9.88 Å². The van der Waals surface area contributed by atoms with Gasteiger partial charge in [0.1, 0.15) is 16.9 Å². The van der Waals surface area contributed by atoms with E-state index in [1.165, 1.54) is 11.3 Å². The number of hydrogen-bond donors (Lipinski definition) is 0. The van der Waals surface area contributed by atoms with Crippen molar-refractivity contribution in [2.45, 2.75) is 6.92 Å². The number of ether oxygens (including phenoxy) is 1. The maximum absolute atomic E-state index is 13.5. The van der Waals surface area contributed by atoms with Crippen LogP contribution in [0.15, 0.2) is 57.7 Å². The largest absolute Gasteiger partial charge is 0.494 e. The number of carbonyl (C=O) groups is 1. The Morgan fingerprint density at radius 2 is 1.91 bits per heavy atom. The Labute approximate surface area is 195 Å². The highest BCUT2D eigenvalue weighted by Gasteiger charge is 2.25. The smallest absolute Gasteiger partial charge is 0.349 e. The average Bonchev–Trinajstić information content (AvgIpc) is 3.16. The van der Waals surface area contributed by atoms with Crippen molar-refractivity contribution >= 4 is 56.0 Å². The highest BCUT2D eigenvalue weighted by atomic mass is 35.5. The van der Waals surface area contributed by atoms with Gasteiger partial charge in [-0.25, -0.2) is 9.78 Å². The molecule has 168 valence electrons. The standard InChI is InChI=1S/C23H23N3O4S.ClH/c1-4-29-16-9-10-18-20(14-16)31-23(24-18)26(12-11-25(2)3)21(27)17-13-15-7-5-6-8-19(15)30-22(17)28;/h5-10,13-14H,4,11-12H2,1-3H3;1H. The minimum absolute atomic E-state index is 0. The summed E-state index contributed by atoms with van der Waals surface area (Å²) < 4.78 is 11.9. The second-order valence-corrected chi connectivity index (χ2v) is 8.31. The van der Waals surface area contributed by atoms with E-state index in [0.29, 0.717) is 35.8 Å². The Morgan fingerprint density at radius 1 is 1.12 bits per heavy atom. The fraction of sp³-hybridized carbons (Fsp3) is 0.261. The summed E-state index contributed by atoms with van der Waals surface area (Å²) in [5.74, 6) is 0.331. The van der Waals surface area contributed by atoms with Gasteiger partial charge in [0, 0.05) is 18.5 Å². The lowest BCUT2D eigenvalue weighted by Crippen LogP contribution is -2.38. The maximum atomic E-state index is 13.5. The Balaban J connectivity index is 0.00000289. The van der Waals surface area contributed by atoms with Crippen molar-refractivity contribution in [2.24, 2.45) is 0 Å². The average molecular weight is 474 g/mol. The summed E-state index contributed by atoms with van der Waals surface area (Å²) in [6, 6.07) is 14.4. The van der Waals surface area contributed by atoms with Crippen molar-refractivity contribution in [3.8, 4) is 5.75 Å². The van der Waals surface area contributed by atoms with Gasteiger partial charge in [0.05, 0.1) is 16.8 Å². The molecule has 0 saturated heterocycles. The lowest BCUT2D eigenvalue weighted by molar-refractivity contribution is 0.0982. The molecule has 4 aromatic rings. The highest BCUT2D eigenvalue weighted by Crippen LogP contribution is 2.32. The molecule has 0 aliphatic rings. The number of anilines is 1. The first-order valence-corrected chi connectivity index (χ1v) is 10.8. The van der Waals surface area contributed by atoms with Crippen LogP contribution >= 0.6 is 23.7 Å². The van der Waals surface area contributed by atoms with E-state index < -0.39 is 11.5 Å². The fourth-order valence-electron chi connectivity index (χ4n) is 3.21. The van der Waals surface area contributed by atoms with Crippen LogP contribution in [-0.2, 0) is 0 Å². The fourth-order valence-corrected chi connectivity index (χ4v) is 4.22. The van der Waals surface area contributed by atoms with Gasteiger partial charge < -0.3 is 14.1 Å². The van der Waals surface area contributed by atoms with Crippen LogP contribution in [0.25, 0.3) is 21.2 Å². The van der Waals surface area contributed by atoms with Crippen LogP contribution in [-0.4, -0.2) is 49.6 Å². The predicted octanol–water partition coefficient (Wildman–Crippen LogP) is 4.43. The third-order valence-electron chi connectivity index (χ3n) is 4.78. The van der Waals surface area contributed by atoms with Crippen LogP contribution in [0, 0.1) is 0 Å². The summed E-state index contributed by atoms with van der Waals surface area (Å²) in [5, 5.41) is 1.23. The number of benzene rings is 2. The van der Waals surface area contributed by atoms with E-state index in [1.807, 2.05) is 56.3 Å². The van der Waals surface area contributed by atoms with Crippen molar-refractivity contribution < 1.29 is 13.9 Å². The van der Waals surface area contributed by atoms with Crippen molar-refractivity contribution in [3.63, 3.8) is 0 Å². The van der Waals surface area contributed by atoms with Gasteiger partial charge in [0.25, 0.3) is 5.91 Å². The molecular weight excluding hydrogens is 450 g/mol. The zero-order valence-electron chi connectivity index (χ0n) is 18.0. The van der Waals surface area contributed by atoms with Crippen LogP contribution in [0.4, 0.5) is 5.13 Å². The molecule has 0 fully saturated rings. The van der Waals surface area contributed by atoms with Crippen LogP contribution in [0.1, 0.15) is 17.3 Å². The van der Waals surface area contributed by atoms with Gasteiger partial charge in [0.15, 0.2) is 5.13 Å². The second kappa shape index (κ2) is 10.1. The van der Waals surface area contributed by atoms with Crippen LogP contribution in [0.3, 0.4) is 0 Å². The van der Waals surface area contributed by atoms with Gasteiger partial charge in [-0.2, -0.15) is 0 Å². The molecule has 0 atom stereocenters. The lowest BCUT2D eigenvalue weighted by atomic mass is 10.1. The topological polar surface area (TPSA) is 75.9 Å². The zero-order chi connectivity index (χ0) is 22.0. The third-order valence-corrected chi connectivity index (χ3v) is 5.82. The van der Waals surface area contributed by atoms with E-state index in [0.717, 1.165) is 16.0 Å². The summed E-state index contributed by atoms with van der Waals surface area (Å²) in [7, 11) is 3.86. The van der Waals surface area contributed by atoms with Gasteiger partial charge in [-0.3, -0.25) is 9.69 Å². The minimum Gasteiger partial charge on any atom is -0.494 e. The first-order valence-electron chi connectivity index (χ1n) is 9.99. The molecule has 0 aliphatic carbocycles. The second-order valence-electron chi connectivity index (χ2n) is 7.30. The monoisotopic (exact) mass is 473 g/mol. The molecule has 1 amide bonds. The Bertz CT molecular complexity index is 1300. The first kappa shape index (κ1) is 23.7. The third kappa shape index (κ3) is 4.93. The molecule has 0 N–H and O–H groups in total. The number of carbonyl (C=O) groups excluding carboxylic acids is 1. The number of halogens is 1. The Hall–Kier alpha value is -2.94. The van der Waals surface area contributed by atoms with Gasteiger partial charge >= 0.3 is 5.63 Å². The Kier molecular flexibility index (Phi) is 7.50. The summed E-state index contributed by atoms with van der Waals surface area (Å²) in [4.78, 5) is 34.2. The number of nitrogens with zero attached hydrogens (tertiary/aromatic N) is 3. The SMILES string of the molecule is CCOc1ccc2nc(N(CCN(C)C)C(=O)c3cc4ccccc4oc3=O)sc2c1.Cl. The quantitative estimate of drug-likeness (QED) is 0.369. The summed E-state index contributed by atoms with van der Waals surface area (Å²) in [6.45, 7) is 3.50. The number of para-hydroxylation sites is 1. The molecule has 0 radical (unpaired) electrons. The normalized spacial score (nSPS) is 11.0. The molecule has 32 heavy (non-hydrogen) atoms. The molecule has 2 heterocycles. The molecule has 0 unspecified atom stereocenters. The number of fused-ring (bicyclic) bond motifs is 2. The van der Waals surface area contributed by atoms with Crippen LogP contribution < -0.4 is 15.3 Å². The predicted molar refractivity (Wildman–Crippen MR) is 131 cm³/mol. The summed E-state index contributed by atoms with van der Waals surface area (Å²) >= 11 is 1.39. The molecular formula is C23H24ClN3O4S. The van der Waals surface area contributed by atoms with Gasteiger partial charge in [0.2, 0.25) is 0 Å². The van der Waals surface area contributed by atoms with E-state index in [4.69, 9.17) is 9.15 Å².